The number of nitrogens with zero attached hydrogens (tertiary/aromatic N) is 1. The molecule has 1 amide bonds. The van der Waals surface area contributed by atoms with Gasteiger partial charge in [-0.2, -0.15) is 0 Å². The van der Waals surface area contributed by atoms with E-state index < -0.39 is 0 Å². The molecule has 1 aliphatic heterocycles. The smallest absolute Gasteiger partial charge is 0.252 e. The van der Waals surface area contributed by atoms with Gasteiger partial charge in [-0.25, -0.2) is 4.98 Å². The molecule has 2 aromatic rings. The van der Waals surface area contributed by atoms with Crippen LogP contribution in [0.2, 0.25) is 0 Å². The van der Waals surface area contributed by atoms with Gasteiger partial charge in [-0.15, -0.1) is 0 Å². The third-order valence-electron chi connectivity index (χ3n) is 4.19. The predicted octanol–water partition coefficient (Wildman–Crippen LogP) is 2.82. The van der Waals surface area contributed by atoms with Gasteiger partial charge >= 0.3 is 0 Å². The fraction of sp³-hybridized carbons (Fsp3) is 0.222. The largest absolute Gasteiger partial charge is 0.473 e. The fourth-order valence-electron chi connectivity index (χ4n) is 3.12. The first-order chi connectivity index (χ1) is 10.8. The molecule has 2 aliphatic rings. The number of amides is 1. The summed E-state index contributed by atoms with van der Waals surface area (Å²) in [6.07, 6.45) is 6.72. The van der Waals surface area contributed by atoms with Crippen LogP contribution in [-0.4, -0.2) is 16.9 Å². The van der Waals surface area contributed by atoms with Gasteiger partial charge in [0, 0.05) is 23.7 Å². The minimum Gasteiger partial charge on any atom is -0.473 e. The number of pyridine rings is 1. The second-order valence-corrected chi connectivity index (χ2v) is 5.66. The van der Waals surface area contributed by atoms with Gasteiger partial charge in [0.05, 0.1) is 5.56 Å². The molecule has 2 atom stereocenters. The number of carbonyl (C=O) groups excluding carboxylic acids is 1. The zero-order valence-electron chi connectivity index (χ0n) is 12.0. The third kappa shape index (κ3) is 2.26. The van der Waals surface area contributed by atoms with Gasteiger partial charge in [-0.3, -0.25) is 4.79 Å². The van der Waals surface area contributed by atoms with E-state index in [9.17, 15) is 4.79 Å². The van der Waals surface area contributed by atoms with Crippen molar-refractivity contribution in [3.63, 3.8) is 0 Å². The van der Waals surface area contributed by atoms with E-state index in [1.165, 1.54) is 0 Å². The number of benzene rings is 1. The first-order valence-electron chi connectivity index (χ1n) is 7.46. The van der Waals surface area contributed by atoms with E-state index in [0.29, 0.717) is 18.1 Å². The SMILES string of the molecule is O=C1NC2C=CC(C2)c2c1ccnc2OCc1ccccc1. The van der Waals surface area contributed by atoms with E-state index in [0.717, 1.165) is 17.5 Å². The zero-order chi connectivity index (χ0) is 14.9. The van der Waals surface area contributed by atoms with Crippen LogP contribution >= 0.6 is 0 Å². The topological polar surface area (TPSA) is 51.2 Å². The van der Waals surface area contributed by atoms with Gasteiger partial charge in [0.2, 0.25) is 5.88 Å². The first-order valence-corrected chi connectivity index (χ1v) is 7.46. The summed E-state index contributed by atoms with van der Waals surface area (Å²) in [5, 5.41) is 3.02. The van der Waals surface area contributed by atoms with Crippen LogP contribution in [0, 0.1) is 0 Å². The number of aromatic nitrogens is 1. The molecule has 0 radical (unpaired) electrons. The molecular weight excluding hydrogens is 276 g/mol. The number of allylic oxidation sites excluding steroid dienone is 1. The van der Waals surface area contributed by atoms with Crippen LogP contribution < -0.4 is 10.1 Å². The molecule has 2 bridgehead atoms. The highest BCUT2D eigenvalue weighted by atomic mass is 16.5. The Bertz CT molecular complexity index is 740. The Labute approximate surface area is 128 Å². The lowest BCUT2D eigenvalue weighted by Crippen LogP contribution is -2.30. The zero-order valence-corrected chi connectivity index (χ0v) is 12.0. The van der Waals surface area contributed by atoms with Gasteiger partial charge < -0.3 is 10.1 Å². The lowest BCUT2D eigenvalue weighted by atomic mass is 9.95. The molecule has 4 nitrogen and oxygen atoms in total. The van der Waals surface area contributed by atoms with Gasteiger partial charge in [0.1, 0.15) is 6.61 Å². The standard InChI is InChI=1S/C18H16N2O2/c21-17-15-8-9-19-18(22-11-12-4-2-1-3-5-12)16(15)13-6-7-14(10-13)20-17/h1-9,13-14H,10-11H2,(H,20,21). The van der Waals surface area contributed by atoms with Crippen molar-refractivity contribution in [2.24, 2.45) is 0 Å². The average Bonchev–Trinajstić information content (AvgIpc) is 2.95. The minimum absolute atomic E-state index is 0.0428. The van der Waals surface area contributed by atoms with Crippen molar-refractivity contribution in [1.29, 1.82) is 0 Å². The second-order valence-electron chi connectivity index (χ2n) is 5.66. The van der Waals surface area contributed by atoms with Gasteiger partial charge in [0.25, 0.3) is 5.91 Å². The van der Waals surface area contributed by atoms with Crippen molar-refractivity contribution in [1.82, 2.24) is 10.3 Å². The third-order valence-corrected chi connectivity index (χ3v) is 4.19. The number of hydrogen-bond donors (Lipinski definition) is 1. The quantitative estimate of drug-likeness (QED) is 0.885. The van der Waals surface area contributed by atoms with Gasteiger partial charge in [-0.1, -0.05) is 42.5 Å². The van der Waals surface area contributed by atoms with Gasteiger partial charge in [0.15, 0.2) is 0 Å². The average molecular weight is 292 g/mol. The molecule has 2 heterocycles. The van der Waals surface area contributed by atoms with Crippen LogP contribution in [0.1, 0.15) is 33.8 Å². The van der Waals surface area contributed by atoms with Crippen molar-refractivity contribution >= 4 is 5.91 Å². The van der Waals surface area contributed by atoms with Crippen molar-refractivity contribution in [2.45, 2.75) is 25.0 Å². The summed E-state index contributed by atoms with van der Waals surface area (Å²) in [5.74, 6) is 0.714. The lowest BCUT2D eigenvalue weighted by Gasteiger charge is -2.15. The van der Waals surface area contributed by atoms with E-state index in [1.807, 2.05) is 30.3 Å². The fourth-order valence-corrected chi connectivity index (χ4v) is 3.12. The molecule has 0 saturated carbocycles. The molecule has 1 aliphatic carbocycles. The maximum absolute atomic E-state index is 12.3. The summed E-state index contributed by atoms with van der Waals surface area (Å²) in [5.41, 5.74) is 2.67. The van der Waals surface area contributed by atoms with Crippen molar-refractivity contribution in [3.05, 3.63) is 71.4 Å². The van der Waals surface area contributed by atoms with Crippen LogP contribution in [-0.2, 0) is 6.61 Å². The highest BCUT2D eigenvalue weighted by molar-refractivity contribution is 5.97. The first kappa shape index (κ1) is 13.1. The van der Waals surface area contributed by atoms with Crippen molar-refractivity contribution in [3.8, 4) is 5.88 Å². The van der Waals surface area contributed by atoms with Gasteiger partial charge in [-0.05, 0) is 18.1 Å². The summed E-state index contributed by atoms with van der Waals surface area (Å²) in [7, 11) is 0. The lowest BCUT2D eigenvalue weighted by molar-refractivity contribution is 0.0946. The molecule has 1 N–H and O–H groups in total. The number of fused-ring (bicyclic) bond motifs is 4. The maximum Gasteiger partial charge on any atom is 0.252 e. The maximum atomic E-state index is 12.3. The Balaban J connectivity index is 1.68. The Hall–Kier alpha value is -2.62. The van der Waals surface area contributed by atoms with Crippen LogP contribution in [0.15, 0.2) is 54.7 Å². The number of hydrogen-bond acceptors (Lipinski definition) is 3. The van der Waals surface area contributed by atoms with E-state index in [1.54, 1.807) is 12.3 Å². The molecule has 0 spiro atoms. The highest BCUT2D eigenvalue weighted by Gasteiger charge is 2.32. The number of ether oxygens (including phenoxy) is 1. The monoisotopic (exact) mass is 292 g/mol. The number of nitrogens with one attached hydrogen (secondary N) is 1. The van der Waals surface area contributed by atoms with Crippen LogP contribution in [0.25, 0.3) is 0 Å². The van der Waals surface area contributed by atoms with Crippen molar-refractivity contribution in [2.75, 3.05) is 0 Å². The predicted molar refractivity (Wildman–Crippen MR) is 82.8 cm³/mol. The van der Waals surface area contributed by atoms with E-state index in [-0.39, 0.29) is 17.9 Å². The van der Waals surface area contributed by atoms with E-state index in [2.05, 4.69) is 22.5 Å². The molecule has 1 aromatic carbocycles. The Morgan fingerprint density at radius 2 is 2.05 bits per heavy atom. The summed E-state index contributed by atoms with van der Waals surface area (Å²) in [6, 6.07) is 11.9. The van der Waals surface area contributed by atoms with Crippen LogP contribution in [0.5, 0.6) is 5.88 Å². The summed E-state index contributed by atoms with van der Waals surface area (Å²) in [4.78, 5) is 16.7. The van der Waals surface area contributed by atoms with Crippen molar-refractivity contribution < 1.29 is 9.53 Å². The van der Waals surface area contributed by atoms with Crippen LogP contribution in [0.4, 0.5) is 0 Å². The Kier molecular flexibility index (Phi) is 3.15. The number of carbonyl (C=O) groups is 1. The minimum atomic E-state index is -0.0428. The summed E-state index contributed by atoms with van der Waals surface area (Å²) >= 11 is 0. The molecule has 2 unspecified atom stereocenters. The Morgan fingerprint density at radius 1 is 1.18 bits per heavy atom. The summed E-state index contributed by atoms with van der Waals surface area (Å²) < 4.78 is 5.92. The van der Waals surface area contributed by atoms with E-state index >= 15 is 0 Å². The molecule has 4 rings (SSSR count). The molecular formula is C18H16N2O2. The molecule has 22 heavy (non-hydrogen) atoms. The molecule has 4 heteroatoms. The second kappa shape index (κ2) is 5.30. The normalized spacial score (nSPS) is 21.9. The molecule has 0 fully saturated rings. The van der Waals surface area contributed by atoms with Crippen LogP contribution in [0.3, 0.4) is 0 Å². The van der Waals surface area contributed by atoms with E-state index in [4.69, 9.17) is 4.74 Å². The highest BCUT2D eigenvalue weighted by Crippen LogP contribution is 2.38. The Morgan fingerprint density at radius 3 is 2.91 bits per heavy atom. The molecule has 110 valence electrons. The molecule has 0 saturated heterocycles. The summed E-state index contributed by atoms with van der Waals surface area (Å²) in [6.45, 7) is 0.450. The number of rotatable bonds is 3. The molecule has 1 aromatic heterocycles.